The maximum atomic E-state index is 13.2. The van der Waals surface area contributed by atoms with Crippen LogP contribution in [-0.4, -0.2) is 46.4 Å². The topological polar surface area (TPSA) is 80.3 Å². The molecule has 0 spiro atoms. The summed E-state index contributed by atoms with van der Waals surface area (Å²) < 4.78 is 30.6. The highest BCUT2D eigenvalue weighted by Gasteiger charge is 2.68. The molecule has 5 atom stereocenters. The molecule has 4 fully saturated rings. The first-order chi connectivity index (χ1) is 15.3. The van der Waals surface area contributed by atoms with Crippen molar-refractivity contribution in [2.24, 2.45) is 11.3 Å². The van der Waals surface area contributed by atoms with Gasteiger partial charge >= 0.3 is 12.1 Å². The summed E-state index contributed by atoms with van der Waals surface area (Å²) in [5.41, 5.74) is -3.71. The standard InChI is InChI=1S/C27H46O7/c1-11-24(9,10)20(28)32-26-13-19-12-25(15-26,31-18(2)30-22(3,4)5)16-27(14-19,17-26)34-21(29)33-23(6,7)8/h18-19H,11-17H2,1-10H3. The van der Waals surface area contributed by atoms with Crippen molar-refractivity contribution in [3.8, 4) is 0 Å². The zero-order valence-electron chi connectivity index (χ0n) is 23.0. The van der Waals surface area contributed by atoms with Gasteiger partial charge in [0.25, 0.3) is 0 Å². The zero-order chi connectivity index (χ0) is 25.8. The summed E-state index contributed by atoms with van der Waals surface area (Å²) in [7, 11) is 0. The lowest BCUT2D eigenvalue weighted by atomic mass is 9.50. The van der Waals surface area contributed by atoms with Crippen LogP contribution in [0.3, 0.4) is 0 Å². The van der Waals surface area contributed by atoms with Crippen LogP contribution in [-0.2, 0) is 28.5 Å². The Bertz CT molecular complexity index is 792. The van der Waals surface area contributed by atoms with E-state index in [-0.39, 0.29) is 17.5 Å². The van der Waals surface area contributed by atoms with E-state index < -0.39 is 40.3 Å². The Kier molecular flexibility index (Phi) is 6.93. The van der Waals surface area contributed by atoms with Crippen LogP contribution < -0.4 is 0 Å². The van der Waals surface area contributed by atoms with Crippen molar-refractivity contribution in [3.05, 3.63) is 0 Å². The van der Waals surface area contributed by atoms with Crippen LogP contribution >= 0.6 is 0 Å². The highest BCUT2D eigenvalue weighted by Crippen LogP contribution is 2.63. The molecule has 0 N–H and O–H groups in total. The van der Waals surface area contributed by atoms with Crippen molar-refractivity contribution in [2.75, 3.05) is 0 Å². The van der Waals surface area contributed by atoms with E-state index in [9.17, 15) is 9.59 Å². The fourth-order valence-electron chi connectivity index (χ4n) is 6.34. The second-order valence-corrected chi connectivity index (χ2v) is 13.7. The van der Waals surface area contributed by atoms with E-state index in [0.29, 0.717) is 25.7 Å². The van der Waals surface area contributed by atoms with Crippen LogP contribution in [0.2, 0.25) is 0 Å². The van der Waals surface area contributed by atoms with Crippen molar-refractivity contribution in [2.45, 2.75) is 148 Å². The van der Waals surface area contributed by atoms with Crippen molar-refractivity contribution in [1.29, 1.82) is 0 Å². The average Bonchev–Trinajstić information content (AvgIpc) is 2.55. The maximum absolute atomic E-state index is 13.2. The molecule has 4 aliphatic carbocycles. The summed E-state index contributed by atoms with van der Waals surface area (Å²) in [5.74, 6) is 0.0107. The highest BCUT2D eigenvalue weighted by atomic mass is 16.7. The minimum atomic E-state index is -0.792. The van der Waals surface area contributed by atoms with E-state index in [1.807, 2.05) is 69.2 Å². The van der Waals surface area contributed by atoms with E-state index in [2.05, 4.69) is 0 Å². The van der Waals surface area contributed by atoms with Crippen molar-refractivity contribution >= 4 is 12.1 Å². The van der Waals surface area contributed by atoms with E-state index in [0.717, 1.165) is 19.3 Å². The first-order valence-electron chi connectivity index (χ1n) is 12.8. The Morgan fingerprint density at radius 2 is 1.32 bits per heavy atom. The predicted molar refractivity (Wildman–Crippen MR) is 128 cm³/mol. The molecule has 4 rings (SSSR count). The van der Waals surface area contributed by atoms with Crippen molar-refractivity contribution in [3.63, 3.8) is 0 Å². The van der Waals surface area contributed by atoms with Gasteiger partial charge in [-0.3, -0.25) is 4.79 Å². The monoisotopic (exact) mass is 482 g/mol. The number of rotatable bonds is 7. The summed E-state index contributed by atoms with van der Waals surface area (Å²) in [6, 6.07) is 0. The Balaban J connectivity index is 1.91. The Labute approximate surface area is 205 Å². The van der Waals surface area contributed by atoms with Gasteiger partial charge in [-0.15, -0.1) is 0 Å². The minimum Gasteiger partial charge on any atom is -0.458 e. The maximum Gasteiger partial charge on any atom is 0.509 e. The smallest absolute Gasteiger partial charge is 0.458 e. The molecule has 4 bridgehead atoms. The summed E-state index contributed by atoms with van der Waals surface area (Å²) in [6.45, 7) is 19.2. The highest BCUT2D eigenvalue weighted by molar-refractivity contribution is 5.76. The average molecular weight is 483 g/mol. The number of carbonyl (C=O) groups excluding carboxylic acids is 2. The molecule has 0 radical (unpaired) electrons. The van der Waals surface area contributed by atoms with Gasteiger partial charge in [0.1, 0.15) is 16.8 Å². The molecule has 7 nitrogen and oxygen atoms in total. The van der Waals surface area contributed by atoms with Crippen LogP contribution in [0.15, 0.2) is 0 Å². The van der Waals surface area contributed by atoms with Gasteiger partial charge in [-0.1, -0.05) is 6.92 Å². The molecule has 4 aliphatic rings. The summed E-state index contributed by atoms with van der Waals surface area (Å²) in [5, 5.41) is 0. The van der Waals surface area contributed by atoms with E-state index >= 15 is 0 Å². The first-order valence-corrected chi connectivity index (χ1v) is 12.8. The van der Waals surface area contributed by atoms with Crippen molar-refractivity contribution in [1.82, 2.24) is 0 Å². The third-order valence-corrected chi connectivity index (χ3v) is 7.29. The van der Waals surface area contributed by atoms with Gasteiger partial charge in [0.05, 0.1) is 16.6 Å². The lowest BCUT2D eigenvalue weighted by Crippen LogP contribution is -2.69. The minimum absolute atomic E-state index is 0.210. The molecule has 7 heteroatoms. The molecule has 0 amide bonds. The number of hydrogen-bond acceptors (Lipinski definition) is 7. The van der Waals surface area contributed by atoms with Gasteiger partial charge in [0.2, 0.25) is 0 Å². The van der Waals surface area contributed by atoms with Gasteiger partial charge in [-0.05, 0) is 93.9 Å². The number of hydrogen-bond donors (Lipinski definition) is 0. The molecular weight excluding hydrogens is 436 g/mol. The van der Waals surface area contributed by atoms with Gasteiger partial charge in [0, 0.05) is 19.3 Å². The van der Waals surface area contributed by atoms with E-state index in [4.69, 9.17) is 23.7 Å². The van der Waals surface area contributed by atoms with Crippen LogP contribution in [0, 0.1) is 11.3 Å². The van der Waals surface area contributed by atoms with Crippen LogP contribution in [0.25, 0.3) is 0 Å². The molecule has 0 aromatic carbocycles. The van der Waals surface area contributed by atoms with Gasteiger partial charge in [0.15, 0.2) is 6.29 Å². The molecule has 0 aliphatic heterocycles. The zero-order valence-corrected chi connectivity index (χ0v) is 23.0. The third-order valence-electron chi connectivity index (χ3n) is 7.29. The SMILES string of the molecule is CCC(C)(C)C(=O)OC12CC3CC(OC(=O)OC(C)(C)C)(C1)CC(OC(C)OC(C)(C)C)(C3)C2. The molecule has 0 aromatic heterocycles. The molecule has 0 aromatic rings. The van der Waals surface area contributed by atoms with Crippen LogP contribution in [0.1, 0.15) is 114 Å². The van der Waals surface area contributed by atoms with Gasteiger partial charge < -0.3 is 23.7 Å². The molecular formula is C27H46O7. The van der Waals surface area contributed by atoms with Crippen molar-refractivity contribution < 1.29 is 33.3 Å². The Hall–Kier alpha value is -1.34. The lowest BCUT2D eigenvalue weighted by Gasteiger charge is -2.64. The van der Waals surface area contributed by atoms with Gasteiger partial charge in [-0.25, -0.2) is 4.79 Å². The summed E-state index contributed by atoms with van der Waals surface area (Å²) >= 11 is 0. The van der Waals surface area contributed by atoms with E-state index in [1.165, 1.54) is 0 Å². The van der Waals surface area contributed by atoms with E-state index in [1.54, 1.807) is 0 Å². The molecule has 0 heterocycles. The normalized spacial score (nSPS) is 34.0. The lowest BCUT2D eigenvalue weighted by molar-refractivity contribution is -0.318. The third kappa shape index (κ3) is 6.26. The predicted octanol–water partition coefficient (Wildman–Crippen LogP) is 6.31. The largest absolute Gasteiger partial charge is 0.509 e. The molecule has 196 valence electrons. The number of esters is 1. The fourth-order valence-corrected chi connectivity index (χ4v) is 6.34. The Morgan fingerprint density at radius 3 is 1.82 bits per heavy atom. The quantitative estimate of drug-likeness (QED) is 0.311. The Morgan fingerprint density at radius 1 is 0.824 bits per heavy atom. The van der Waals surface area contributed by atoms with Crippen LogP contribution in [0.4, 0.5) is 4.79 Å². The summed E-state index contributed by atoms with van der Waals surface area (Å²) in [4.78, 5) is 26.0. The van der Waals surface area contributed by atoms with Gasteiger partial charge in [-0.2, -0.15) is 0 Å². The molecule has 34 heavy (non-hydrogen) atoms. The molecule has 5 unspecified atom stereocenters. The number of carbonyl (C=O) groups is 2. The fraction of sp³-hybridized carbons (Fsp3) is 0.926. The second-order valence-electron chi connectivity index (χ2n) is 13.7. The molecule has 4 saturated carbocycles. The second kappa shape index (κ2) is 8.65. The van der Waals surface area contributed by atoms with Crippen LogP contribution in [0.5, 0.6) is 0 Å². The summed E-state index contributed by atoms with van der Waals surface area (Å²) in [6.07, 6.45) is 3.47. The first kappa shape index (κ1) is 27.3. The molecule has 0 saturated heterocycles. The number of ether oxygens (including phenoxy) is 5.